The molecule has 0 atom stereocenters. The molecule has 20 heavy (non-hydrogen) atoms. The van der Waals surface area contributed by atoms with Crippen LogP contribution >= 0.6 is 27.3 Å². The summed E-state index contributed by atoms with van der Waals surface area (Å²) < 4.78 is 3.36. The molecule has 0 amide bonds. The number of nitrogens with zero attached hydrogens (tertiary/aromatic N) is 2. The largest absolute Gasteiger partial charge is 0.307 e. The van der Waals surface area contributed by atoms with Crippen molar-refractivity contribution in [3.63, 3.8) is 0 Å². The minimum absolute atomic E-state index is 0.830. The molecule has 0 saturated carbocycles. The smallest absolute Gasteiger partial charge is 0.194 e. The van der Waals surface area contributed by atoms with E-state index in [0.717, 1.165) is 28.2 Å². The molecule has 2 aromatic heterocycles. The third-order valence-corrected chi connectivity index (χ3v) is 4.78. The maximum atomic E-state index is 4.61. The second kappa shape index (κ2) is 5.68. The van der Waals surface area contributed by atoms with Crippen LogP contribution in [0.1, 0.15) is 22.6 Å². The van der Waals surface area contributed by atoms with Gasteiger partial charge < -0.3 is 5.32 Å². The fourth-order valence-electron chi connectivity index (χ4n) is 2.35. The van der Waals surface area contributed by atoms with Crippen LogP contribution in [0.5, 0.6) is 0 Å². The normalized spacial score (nSPS) is 11.3. The maximum Gasteiger partial charge on any atom is 0.194 e. The third-order valence-electron chi connectivity index (χ3n) is 3.34. The summed E-state index contributed by atoms with van der Waals surface area (Å²) in [6, 6.07) is 8.38. The van der Waals surface area contributed by atoms with Crippen LogP contribution in [0.2, 0.25) is 0 Å². The number of aromatic nitrogens is 2. The average molecular weight is 350 g/mol. The highest BCUT2D eigenvalue weighted by Crippen LogP contribution is 2.20. The highest BCUT2D eigenvalue weighted by molar-refractivity contribution is 9.10. The van der Waals surface area contributed by atoms with Gasteiger partial charge in [0.1, 0.15) is 0 Å². The van der Waals surface area contributed by atoms with Gasteiger partial charge in [-0.15, -0.1) is 11.3 Å². The molecule has 0 unspecified atom stereocenters. The summed E-state index contributed by atoms with van der Waals surface area (Å²) in [5.74, 6) is 0. The Morgan fingerprint density at radius 2 is 2.15 bits per heavy atom. The first-order chi connectivity index (χ1) is 9.65. The molecule has 0 aliphatic carbocycles. The fourth-order valence-corrected chi connectivity index (χ4v) is 3.73. The highest BCUT2D eigenvalue weighted by atomic mass is 79.9. The zero-order chi connectivity index (χ0) is 14.1. The zero-order valence-electron chi connectivity index (χ0n) is 11.5. The number of hydrogen-bond donors (Lipinski definition) is 1. The van der Waals surface area contributed by atoms with E-state index in [1.165, 1.54) is 17.0 Å². The number of fused-ring (bicyclic) bond motifs is 1. The van der Waals surface area contributed by atoms with Gasteiger partial charge in [-0.1, -0.05) is 28.1 Å². The first-order valence-corrected chi connectivity index (χ1v) is 8.19. The number of aryl methyl sites for hydroxylation is 2. The number of thiazole rings is 1. The number of hydrogen-bond acceptors (Lipinski definition) is 3. The lowest BCUT2D eigenvalue weighted by molar-refractivity contribution is 0.670. The van der Waals surface area contributed by atoms with Crippen LogP contribution in [-0.2, 0) is 13.1 Å². The quantitative estimate of drug-likeness (QED) is 0.769. The van der Waals surface area contributed by atoms with E-state index in [9.17, 15) is 0 Å². The monoisotopic (exact) mass is 349 g/mol. The molecular weight excluding hydrogens is 334 g/mol. The van der Waals surface area contributed by atoms with E-state index < -0.39 is 0 Å². The average Bonchev–Trinajstić information content (AvgIpc) is 2.91. The van der Waals surface area contributed by atoms with E-state index >= 15 is 0 Å². The van der Waals surface area contributed by atoms with Crippen LogP contribution in [0, 0.1) is 13.8 Å². The van der Waals surface area contributed by atoms with Gasteiger partial charge in [-0.25, -0.2) is 4.98 Å². The van der Waals surface area contributed by atoms with Gasteiger partial charge in [0.15, 0.2) is 4.96 Å². The molecule has 3 rings (SSSR count). The van der Waals surface area contributed by atoms with E-state index in [1.54, 1.807) is 11.3 Å². The molecule has 1 aromatic carbocycles. The molecule has 3 nitrogen and oxygen atoms in total. The topological polar surface area (TPSA) is 29.3 Å². The third kappa shape index (κ3) is 2.66. The van der Waals surface area contributed by atoms with E-state index in [4.69, 9.17) is 0 Å². The van der Waals surface area contributed by atoms with Gasteiger partial charge in [-0.05, 0) is 31.5 Å². The van der Waals surface area contributed by atoms with E-state index in [0.29, 0.717) is 0 Å². The van der Waals surface area contributed by atoms with Gasteiger partial charge in [-0.2, -0.15) is 0 Å². The minimum atomic E-state index is 0.830. The number of benzene rings is 1. The van der Waals surface area contributed by atoms with E-state index in [-0.39, 0.29) is 0 Å². The second-order valence-electron chi connectivity index (χ2n) is 4.87. The SMILES string of the molecule is Cc1nc2scc(C)n2c1CNCc1cccc(Br)c1. The van der Waals surface area contributed by atoms with E-state index in [1.807, 2.05) is 6.07 Å². The second-order valence-corrected chi connectivity index (χ2v) is 6.62. The first kappa shape index (κ1) is 13.8. The van der Waals surface area contributed by atoms with Crippen molar-refractivity contribution in [2.45, 2.75) is 26.9 Å². The molecule has 0 bridgehead atoms. The lowest BCUT2D eigenvalue weighted by Gasteiger charge is -2.06. The van der Waals surface area contributed by atoms with Crippen LogP contribution in [0.3, 0.4) is 0 Å². The molecule has 2 heterocycles. The summed E-state index contributed by atoms with van der Waals surface area (Å²) in [5, 5.41) is 5.66. The first-order valence-electron chi connectivity index (χ1n) is 6.52. The molecule has 5 heteroatoms. The summed E-state index contributed by atoms with van der Waals surface area (Å²) in [7, 11) is 0. The Balaban J connectivity index is 1.74. The highest BCUT2D eigenvalue weighted by Gasteiger charge is 2.11. The summed E-state index contributed by atoms with van der Waals surface area (Å²) >= 11 is 5.20. The van der Waals surface area contributed by atoms with Crippen LogP contribution in [-0.4, -0.2) is 9.38 Å². The van der Waals surface area contributed by atoms with Crippen LogP contribution in [0.15, 0.2) is 34.1 Å². The molecule has 0 saturated heterocycles. The molecule has 0 spiro atoms. The summed E-state index contributed by atoms with van der Waals surface area (Å²) in [5.41, 5.74) is 4.90. The van der Waals surface area contributed by atoms with Gasteiger partial charge in [0.05, 0.1) is 11.4 Å². The molecule has 104 valence electrons. The fraction of sp³-hybridized carbons (Fsp3) is 0.267. The molecule has 0 aliphatic heterocycles. The van der Waals surface area contributed by atoms with Gasteiger partial charge >= 0.3 is 0 Å². The summed E-state index contributed by atoms with van der Waals surface area (Å²) in [6.45, 7) is 5.89. The molecule has 0 aliphatic rings. The van der Waals surface area contributed by atoms with Crippen molar-refractivity contribution >= 4 is 32.2 Å². The summed E-state index contributed by atoms with van der Waals surface area (Å²) in [6.07, 6.45) is 0. The number of halogens is 1. The van der Waals surface area contributed by atoms with E-state index in [2.05, 4.69) is 68.1 Å². The Kier molecular flexibility index (Phi) is 3.92. The Bertz CT molecular complexity index is 745. The van der Waals surface area contributed by atoms with Gasteiger partial charge in [0, 0.05) is 28.6 Å². The van der Waals surface area contributed by atoms with Gasteiger partial charge in [-0.3, -0.25) is 4.40 Å². The predicted octanol–water partition coefficient (Wildman–Crippen LogP) is 4.06. The van der Waals surface area contributed by atoms with Crippen molar-refractivity contribution in [1.29, 1.82) is 0 Å². The van der Waals surface area contributed by atoms with Crippen molar-refractivity contribution in [1.82, 2.24) is 14.7 Å². The standard InChI is InChI=1S/C15H16BrN3S/c1-10-9-20-15-18-11(2)14(19(10)15)8-17-7-12-4-3-5-13(16)6-12/h3-6,9,17H,7-8H2,1-2H3. The Morgan fingerprint density at radius 1 is 1.30 bits per heavy atom. The number of nitrogens with one attached hydrogen (secondary N) is 1. The Morgan fingerprint density at radius 3 is 2.95 bits per heavy atom. The lowest BCUT2D eigenvalue weighted by atomic mass is 10.2. The summed E-state index contributed by atoms with van der Waals surface area (Å²) in [4.78, 5) is 5.69. The minimum Gasteiger partial charge on any atom is -0.307 e. The maximum absolute atomic E-state index is 4.61. The van der Waals surface area contributed by atoms with Crippen molar-refractivity contribution in [3.05, 3.63) is 56.8 Å². The van der Waals surface area contributed by atoms with Crippen LogP contribution in [0.25, 0.3) is 4.96 Å². The van der Waals surface area contributed by atoms with Crippen molar-refractivity contribution in [2.24, 2.45) is 0 Å². The molecule has 0 radical (unpaired) electrons. The van der Waals surface area contributed by atoms with Gasteiger partial charge in [0.2, 0.25) is 0 Å². The van der Waals surface area contributed by atoms with Gasteiger partial charge in [0.25, 0.3) is 0 Å². The van der Waals surface area contributed by atoms with Crippen molar-refractivity contribution < 1.29 is 0 Å². The molecule has 3 aromatic rings. The van der Waals surface area contributed by atoms with Crippen molar-refractivity contribution in [3.8, 4) is 0 Å². The predicted molar refractivity (Wildman–Crippen MR) is 87.2 cm³/mol. The van der Waals surface area contributed by atoms with Crippen LogP contribution in [0.4, 0.5) is 0 Å². The molecule has 0 fully saturated rings. The van der Waals surface area contributed by atoms with Crippen molar-refractivity contribution in [2.75, 3.05) is 0 Å². The Hall–Kier alpha value is -1.17. The number of imidazole rings is 1. The zero-order valence-corrected chi connectivity index (χ0v) is 13.9. The number of rotatable bonds is 4. The lowest BCUT2D eigenvalue weighted by Crippen LogP contribution is -2.15. The van der Waals surface area contributed by atoms with Crippen LogP contribution < -0.4 is 5.32 Å². The molecule has 1 N–H and O–H groups in total. The molecular formula is C15H16BrN3S. The Labute approximate surface area is 130 Å².